The third-order valence-electron chi connectivity index (χ3n) is 12.1. The maximum Gasteiger partial charge on any atom is 0.0465 e. The average Bonchev–Trinajstić information content (AvgIpc) is 3.52. The molecule has 0 amide bonds. The molecule has 0 saturated heterocycles. The number of fused-ring (bicyclic) bond motifs is 6. The van der Waals surface area contributed by atoms with Gasteiger partial charge in [-0.15, -0.1) is 0 Å². The van der Waals surface area contributed by atoms with Crippen LogP contribution >= 0.6 is 0 Å². The summed E-state index contributed by atoms with van der Waals surface area (Å²) >= 11 is 0. The molecule has 0 radical (unpaired) electrons. The molecule has 258 valence electrons. The van der Waals surface area contributed by atoms with Crippen molar-refractivity contribution in [2.45, 2.75) is 32.1 Å². The molecular formula is C53H41N. The van der Waals surface area contributed by atoms with E-state index in [1.807, 2.05) is 0 Å². The van der Waals surface area contributed by atoms with E-state index in [-0.39, 0.29) is 5.41 Å². The summed E-state index contributed by atoms with van der Waals surface area (Å²) in [6, 6.07) is 69.6. The van der Waals surface area contributed by atoms with Crippen molar-refractivity contribution in [2.24, 2.45) is 0 Å². The van der Waals surface area contributed by atoms with Gasteiger partial charge in [0.15, 0.2) is 0 Å². The second kappa shape index (κ2) is 12.9. The van der Waals surface area contributed by atoms with E-state index in [4.69, 9.17) is 0 Å². The summed E-state index contributed by atoms with van der Waals surface area (Å²) in [5, 5.41) is 7.70. The third-order valence-corrected chi connectivity index (χ3v) is 12.1. The Labute approximate surface area is 317 Å². The zero-order valence-corrected chi connectivity index (χ0v) is 30.8. The molecule has 9 aromatic carbocycles. The highest BCUT2D eigenvalue weighted by Gasteiger charge is 2.41. The van der Waals surface area contributed by atoms with Gasteiger partial charge in [0.25, 0.3) is 0 Å². The smallest absolute Gasteiger partial charge is 0.0465 e. The van der Waals surface area contributed by atoms with Crippen molar-refractivity contribution in [1.82, 2.24) is 0 Å². The van der Waals surface area contributed by atoms with Gasteiger partial charge in [-0.2, -0.15) is 0 Å². The first-order chi connectivity index (χ1) is 26.7. The first kappa shape index (κ1) is 32.2. The Hall–Kier alpha value is -6.44. The largest absolute Gasteiger partial charge is 0.310 e. The lowest BCUT2D eigenvalue weighted by Crippen LogP contribution is -2.23. The highest BCUT2D eigenvalue weighted by atomic mass is 15.1. The summed E-state index contributed by atoms with van der Waals surface area (Å²) in [4.78, 5) is 2.39. The molecule has 0 unspecified atom stereocenters. The Morgan fingerprint density at radius 3 is 1.44 bits per heavy atom. The van der Waals surface area contributed by atoms with E-state index < -0.39 is 0 Å². The van der Waals surface area contributed by atoms with Gasteiger partial charge in [0, 0.05) is 22.5 Å². The fraction of sp³-hybridized carbons (Fsp3) is 0.0943. The molecule has 0 aromatic heterocycles. The number of para-hydroxylation sites is 2. The van der Waals surface area contributed by atoms with Gasteiger partial charge in [-0.05, 0) is 132 Å². The molecule has 0 N–H and O–H groups in total. The van der Waals surface area contributed by atoms with E-state index >= 15 is 0 Å². The van der Waals surface area contributed by atoms with Crippen LogP contribution in [0.5, 0.6) is 0 Å². The monoisotopic (exact) mass is 691 g/mol. The second-order valence-corrected chi connectivity index (χ2v) is 14.7. The van der Waals surface area contributed by atoms with Crippen LogP contribution in [0, 0.1) is 0 Å². The van der Waals surface area contributed by atoms with Crippen LogP contribution in [0.25, 0.3) is 65.7 Å². The number of hydrogen-bond acceptors (Lipinski definition) is 1. The van der Waals surface area contributed by atoms with Crippen molar-refractivity contribution < 1.29 is 0 Å². The fourth-order valence-electron chi connectivity index (χ4n) is 9.56. The summed E-state index contributed by atoms with van der Waals surface area (Å²) in [6.45, 7) is 4.75. The Morgan fingerprint density at radius 2 is 0.852 bits per heavy atom. The van der Waals surface area contributed by atoms with E-state index in [9.17, 15) is 0 Å². The van der Waals surface area contributed by atoms with Crippen molar-refractivity contribution in [2.75, 3.05) is 4.90 Å². The SMILES string of the molecule is CCC1(CC)c2cc(-c3c4ccccc4c(-c4cccc5ccccc45)c4ccccc34)ccc2-c2ccc(N(c3ccccc3)c3ccccc3)cc21. The van der Waals surface area contributed by atoms with Gasteiger partial charge < -0.3 is 4.90 Å². The minimum absolute atomic E-state index is 0.107. The van der Waals surface area contributed by atoms with E-state index in [0.29, 0.717) is 0 Å². The predicted molar refractivity (Wildman–Crippen MR) is 231 cm³/mol. The predicted octanol–water partition coefficient (Wildman–Crippen LogP) is 15.0. The van der Waals surface area contributed by atoms with E-state index in [2.05, 4.69) is 207 Å². The Morgan fingerprint density at radius 1 is 0.370 bits per heavy atom. The van der Waals surface area contributed by atoms with Crippen LogP contribution in [-0.2, 0) is 5.41 Å². The first-order valence-electron chi connectivity index (χ1n) is 19.3. The van der Waals surface area contributed by atoms with Gasteiger partial charge in [-0.25, -0.2) is 0 Å². The maximum absolute atomic E-state index is 2.54. The van der Waals surface area contributed by atoms with Gasteiger partial charge in [0.05, 0.1) is 0 Å². The standard InChI is InChI=1S/C53H41N/c1-3-53(4-2)49-34-37(30-32-42(49)43-33-31-40(35-50(43)53)54(38-20-7-5-8-21-38)39-22-9-6-10-23-39)51-45-25-13-15-27-47(45)52(48-28-16-14-26-46(48)51)44-29-17-19-36-18-11-12-24-41(36)44/h5-35H,3-4H2,1-2H3. The number of anilines is 3. The number of nitrogens with zero attached hydrogens (tertiary/aromatic N) is 1. The zero-order chi connectivity index (χ0) is 36.2. The summed E-state index contributed by atoms with van der Waals surface area (Å²) in [5.41, 5.74) is 14.1. The topological polar surface area (TPSA) is 3.24 Å². The van der Waals surface area contributed by atoms with Crippen LogP contribution in [0.15, 0.2) is 188 Å². The highest BCUT2D eigenvalue weighted by molar-refractivity contribution is 6.23. The Balaban J connectivity index is 1.18. The minimum Gasteiger partial charge on any atom is -0.310 e. The summed E-state index contributed by atoms with van der Waals surface area (Å²) in [6.07, 6.45) is 2.04. The first-order valence-corrected chi connectivity index (χ1v) is 19.3. The van der Waals surface area contributed by atoms with Gasteiger partial charge >= 0.3 is 0 Å². The van der Waals surface area contributed by atoms with E-state index in [1.54, 1.807) is 0 Å². The molecule has 54 heavy (non-hydrogen) atoms. The molecule has 0 atom stereocenters. The molecule has 9 aromatic rings. The molecule has 0 aliphatic heterocycles. The zero-order valence-electron chi connectivity index (χ0n) is 30.8. The molecule has 0 bridgehead atoms. The minimum atomic E-state index is -0.107. The lowest BCUT2D eigenvalue weighted by atomic mass is 9.73. The van der Waals surface area contributed by atoms with Crippen molar-refractivity contribution in [3.8, 4) is 33.4 Å². The normalized spacial score (nSPS) is 12.9. The average molecular weight is 692 g/mol. The molecule has 0 heterocycles. The van der Waals surface area contributed by atoms with Gasteiger partial charge in [-0.3, -0.25) is 0 Å². The van der Waals surface area contributed by atoms with Crippen LogP contribution in [0.1, 0.15) is 37.8 Å². The molecule has 1 aliphatic carbocycles. The highest BCUT2D eigenvalue weighted by Crippen LogP contribution is 2.56. The lowest BCUT2D eigenvalue weighted by Gasteiger charge is -2.32. The quantitative estimate of drug-likeness (QED) is 0.150. The maximum atomic E-state index is 2.54. The molecule has 1 aliphatic rings. The van der Waals surface area contributed by atoms with Crippen LogP contribution in [0.3, 0.4) is 0 Å². The van der Waals surface area contributed by atoms with Gasteiger partial charge in [0.1, 0.15) is 0 Å². The fourth-order valence-corrected chi connectivity index (χ4v) is 9.56. The molecule has 0 saturated carbocycles. The van der Waals surface area contributed by atoms with Crippen LogP contribution in [-0.4, -0.2) is 0 Å². The summed E-state index contributed by atoms with van der Waals surface area (Å²) < 4.78 is 0. The molecular weight excluding hydrogens is 651 g/mol. The third kappa shape index (κ3) is 4.85. The Kier molecular flexibility index (Phi) is 7.70. The summed E-state index contributed by atoms with van der Waals surface area (Å²) in [7, 11) is 0. The molecule has 0 spiro atoms. The lowest BCUT2D eigenvalue weighted by molar-refractivity contribution is 0.490. The molecule has 0 fully saturated rings. The molecule has 10 rings (SSSR count). The number of rotatable bonds is 7. The molecule has 1 heteroatoms. The van der Waals surface area contributed by atoms with Crippen LogP contribution < -0.4 is 4.90 Å². The van der Waals surface area contributed by atoms with Crippen molar-refractivity contribution >= 4 is 49.4 Å². The number of hydrogen-bond donors (Lipinski definition) is 0. The van der Waals surface area contributed by atoms with Gasteiger partial charge in [-0.1, -0.05) is 159 Å². The second-order valence-electron chi connectivity index (χ2n) is 14.7. The van der Waals surface area contributed by atoms with Crippen molar-refractivity contribution in [1.29, 1.82) is 0 Å². The number of benzene rings is 9. The summed E-state index contributed by atoms with van der Waals surface area (Å²) in [5.74, 6) is 0. The van der Waals surface area contributed by atoms with Gasteiger partial charge in [0.2, 0.25) is 0 Å². The van der Waals surface area contributed by atoms with Crippen molar-refractivity contribution in [3.63, 3.8) is 0 Å². The van der Waals surface area contributed by atoms with Crippen molar-refractivity contribution in [3.05, 3.63) is 199 Å². The van der Waals surface area contributed by atoms with Crippen LogP contribution in [0.4, 0.5) is 17.1 Å². The van der Waals surface area contributed by atoms with Crippen LogP contribution in [0.2, 0.25) is 0 Å². The van der Waals surface area contributed by atoms with E-state index in [1.165, 1.54) is 82.5 Å². The van der Waals surface area contributed by atoms with E-state index in [0.717, 1.165) is 24.2 Å². The Bertz CT molecular complexity index is 2740. The molecule has 1 nitrogen and oxygen atoms in total.